The first-order valence-electron chi connectivity index (χ1n) is 9.23. The molecule has 134 valence electrons. The van der Waals surface area contributed by atoms with Gasteiger partial charge in [0.25, 0.3) is 0 Å². The predicted molar refractivity (Wildman–Crippen MR) is 104 cm³/mol. The Labute approximate surface area is 154 Å². The number of hydrogen-bond acceptors (Lipinski definition) is 2. The van der Waals surface area contributed by atoms with E-state index >= 15 is 0 Å². The average molecular weight is 347 g/mol. The van der Waals surface area contributed by atoms with Crippen LogP contribution in [-0.2, 0) is 11.3 Å². The van der Waals surface area contributed by atoms with Crippen molar-refractivity contribution < 1.29 is 4.79 Å². The number of hydrogen-bond donors (Lipinski definition) is 0. The first-order valence-corrected chi connectivity index (χ1v) is 9.23. The van der Waals surface area contributed by atoms with Gasteiger partial charge in [0, 0.05) is 31.0 Å². The summed E-state index contributed by atoms with van der Waals surface area (Å²) >= 11 is 0. The number of imidazole rings is 1. The quantitative estimate of drug-likeness (QED) is 0.712. The first-order chi connectivity index (χ1) is 12.4. The number of amides is 1. The van der Waals surface area contributed by atoms with Gasteiger partial charge in [0.2, 0.25) is 5.91 Å². The number of fused-ring (bicyclic) bond motifs is 1. The van der Waals surface area contributed by atoms with E-state index in [1.807, 2.05) is 17.0 Å². The molecule has 26 heavy (non-hydrogen) atoms. The van der Waals surface area contributed by atoms with Gasteiger partial charge in [-0.05, 0) is 38.5 Å². The molecule has 1 fully saturated rings. The number of likely N-dealkylation sites (tertiary alicyclic amines) is 1. The Bertz CT molecular complexity index is 937. The molecule has 0 aliphatic carbocycles. The van der Waals surface area contributed by atoms with E-state index in [0.717, 1.165) is 29.9 Å². The Kier molecular flexibility index (Phi) is 4.06. The van der Waals surface area contributed by atoms with Crippen molar-refractivity contribution in [3.05, 3.63) is 66.0 Å². The Hall–Kier alpha value is -2.62. The lowest BCUT2D eigenvalue weighted by Crippen LogP contribution is -2.42. The van der Waals surface area contributed by atoms with Crippen LogP contribution in [0.1, 0.15) is 44.5 Å². The SMILES string of the molecule is CC(C)(C)N1C[C@H](c2nc3ccccc3n2Cc2ccccc2)CC1=O. The Balaban J connectivity index is 1.76. The molecule has 4 rings (SSSR count). The molecule has 0 radical (unpaired) electrons. The highest BCUT2D eigenvalue weighted by atomic mass is 16.2. The number of para-hydroxylation sites is 2. The third kappa shape index (κ3) is 3.00. The number of benzene rings is 2. The molecule has 1 aliphatic rings. The van der Waals surface area contributed by atoms with Crippen molar-refractivity contribution in [1.82, 2.24) is 14.5 Å². The third-order valence-electron chi connectivity index (χ3n) is 5.17. The lowest BCUT2D eigenvalue weighted by atomic mass is 10.1. The second kappa shape index (κ2) is 6.27. The highest BCUT2D eigenvalue weighted by molar-refractivity contribution is 5.81. The molecule has 1 aliphatic heterocycles. The molecule has 1 atom stereocenters. The summed E-state index contributed by atoms with van der Waals surface area (Å²) in [6.07, 6.45) is 0.537. The van der Waals surface area contributed by atoms with Crippen LogP contribution in [-0.4, -0.2) is 32.4 Å². The molecule has 3 aromatic rings. The first kappa shape index (κ1) is 16.8. The smallest absolute Gasteiger partial charge is 0.223 e. The number of carbonyl (C=O) groups excluding carboxylic acids is 1. The van der Waals surface area contributed by atoms with Gasteiger partial charge in [-0.15, -0.1) is 0 Å². The zero-order chi connectivity index (χ0) is 18.3. The minimum absolute atomic E-state index is 0.137. The van der Waals surface area contributed by atoms with E-state index < -0.39 is 0 Å². The summed E-state index contributed by atoms with van der Waals surface area (Å²) in [5.41, 5.74) is 3.23. The third-order valence-corrected chi connectivity index (χ3v) is 5.17. The van der Waals surface area contributed by atoms with Crippen LogP contribution >= 0.6 is 0 Å². The van der Waals surface area contributed by atoms with Crippen LogP contribution in [0, 0.1) is 0 Å². The lowest BCUT2D eigenvalue weighted by molar-refractivity contribution is -0.131. The summed E-state index contributed by atoms with van der Waals surface area (Å²) in [5.74, 6) is 1.38. The molecule has 0 saturated carbocycles. The lowest BCUT2D eigenvalue weighted by Gasteiger charge is -2.32. The summed E-state index contributed by atoms with van der Waals surface area (Å²) in [6, 6.07) is 18.7. The highest BCUT2D eigenvalue weighted by Crippen LogP contribution is 2.34. The van der Waals surface area contributed by atoms with Gasteiger partial charge < -0.3 is 9.47 Å². The summed E-state index contributed by atoms with van der Waals surface area (Å²) in [6.45, 7) is 7.80. The molecule has 4 nitrogen and oxygen atoms in total. The van der Waals surface area contributed by atoms with E-state index in [1.54, 1.807) is 0 Å². The molecule has 0 unspecified atom stereocenters. The number of nitrogens with zero attached hydrogens (tertiary/aromatic N) is 3. The van der Waals surface area contributed by atoms with E-state index in [9.17, 15) is 4.79 Å². The summed E-state index contributed by atoms with van der Waals surface area (Å²) in [7, 11) is 0. The van der Waals surface area contributed by atoms with Crippen molar-refractivity contribution in [2.45, 2.75) is 45.2 Å². The molecular formula is C22H25N3O. The second-order valence-corrected chi connectivity index (χ2v) is 8.11. The second-order valence-electron chi connectivity index (χ2n) is 8.11. The summed E-state index contributed by atoms with van der Waals surface area (Å²) in [4.78, 5) is 19.5. The predicted octanol–water partition coefficient (Wildman–Crippen LogP) is 4.20. The van der Waals surface area contributed by atoms with Gasteiger partial charge >= 0.3 is 0 Å². The van der Waals surface area contributed by atoms with Crippen LogP contribution < -0.4 is 0 Å². The fourth-order valence-electron chi connectivity index (χ4n) is 3.87. The fourth-order valence-corrected chi connectivity index (χ4v) is 3.87. The van der Waals surface area contributed by atoms with Gasteiger partial charge in [0.05, 0.1) is 11.0 Å². The normalized spacial score (nSPS) is 18.0. The van der Waals surface area contributed by atoms with Crippen LogP contribution in [0.3, 0.4) is 0 Å². The topological polar surface area (TPSA) is 38.1 Å². The largest absolute Gasteiger partial charge is 0.337 e. The van der Waals surface area contributed by atoms with Crippen LogP contribution in [0.15, 0.2) is 54.6 Å². The maximum absolute atomic E-state index is 12.6. The number of aromatic nitrogens is 2. The number of rotatable bonds is 3. The molecule has 1 aromatic heterocycles. The van der Waals surface area contributed by atoms with Crippen LogP contribution in [0.4, 0.5) is 0 Å². The Morgan fingerprint density at radius 2 is 1.73 bits per heavy atom. The minimum atomic E-state index is -0.151. The average Bonchev–Trinajstić information content (AvgIpc) is 3.17. The monoisotopic (exact) mass is 347 g/mol. The van der Waals surface area contributed by atoms with Crippen molar-refractivity contribution in [2.75, 3.05) is 6.54 Å². The standard InChI is InChI=1S/C22H25N3O/c1-22(2,3)25-15-17(13-20(25)26)21-23-18-11-7-8-12-19(18)24(21)14-16-9-5-4-6-10-16/h4-12,17H,13-15H2,1-3H3/t17-/m1/s1. The maximum atomic E-state index is 12.6. The highest BCUT2D eigenvalue weighted by Gasteiger charge is 2.38. The van der Waals surface area contributed by atoms with Crippen molar-refractivity contribution in [2.24, 2.45) is 0 Å². The van der Waals surface area contributed by atoms with E-state index in [-0.39, 0.29) is 17.4 Å². The van der Waals surface area contributed by atoms with Crippen molar-refractivity contribution in [3.63, 3.8) is 0 Å². The van der Waals surface area contributed by atoms with Gasteiger partial charge in [-0.2, -0.15) is 0 Å². The zero-order valence-corrected chi connectivity index (χ0v) is 15.6. The Morgan fingerprint density at radius 3 is 2.42 bits per heavy atom. The summed E-state index contributed by atoms with van der Waals surface area (Å²) < 4.78 is 2.29. The molecular weight excluding hydrogens is 322 g/mol. The van der Waals surface area contributed by atoms with Crippen LogP contribution in [0.2, 0.25) is 0 Å². The summed E-state index contributed by atoms with van der Waals surface area (Å²) in [5, 5.41) is 0. The molecule has 1 saturated heterocycles. The van der Waals surface area contributed by atoms with Crippen molar-refractivity contribution >= 4 is 16.9 Å². The zero-order valence-electron chi connectivity index (χ0n) is 15.6. The van der Waals surface area contributed by atoms with E-state index in [4.69, 9.17) is 4.98 Å². The van der Waals surface area contributed by atoms with E-state index in [0.29, 0.717) is 6.42 Å². The van der Waals surface area contributed by atoms with E-state index in [2.05, 4.69) is 67.8 Å². The molecule has 1 amide bonds. The number of carbonyl (C=O) groups is 1. The molecule has 0 N–H and O–H groups in total. The fraction of sp³-hybridized carbons (Fsp3) is 0.364. The van der Waals surface area contributed by atoms with Gasteiger partial charge in [0.1, 0.15) is 5.82 Å². The minimum Gasteiger partial charge on any atom is -0.337 e. The van der Waals surface area contributed by atoms with E-state index in [1.165, 1.54) is 5.56 Å². The van der Waals surface area contributed by atoms with Crippen molar-refractivity contribution in [3.8, 4) is 0 Å². The Morgan fingerprint density at radius 1 is 1.04 bits per heavy atom. The van der Waals surface area contributed by atoms with Crippen LogP contribution in [0.5, 0.6) is 0 Å². The van der Waals surface area contributed by atoms with Gasteiger partial charge in [-0.1, -0.05) is 42.5 Å². The molecule has 2 heterocycles. The molecule has 2 aromatic carbocycles. The molecule has 0 spiro atoms. The van der Waals surface area contributed by atoms with Gasteiger partial charge in [-0.25, -0.2) is 4.98 Å². The van der Waals surface area contributed by atoms with Gasteiger partial charge in [-0.3, -0.25) is 4.79 Å². The maximum Gasteiger partial charge on any atom is 0.223 e. The van der Waals surface area contributed by atoms with Crippen LogP contribution in [0.25, 0.3) is 11.0 Å². The molecule has 0 bridgehead atoms. The molecule has 4 heteroatoms. The van der Waals surface area contributed by atoms with Crippen molar-refractivity contribution in [1.29, 1.82) is 0 Å². The van der Waals surface area contributed by atoms with Gasteiger partial charge in [0.15, 0.2) is 0 Å².